The van der Waals surface area contributed by atoms with Crippen LogP contribution in [0.15, 0.2) is 17.5 Å². The lowest BCUT2D eigenvalue weighted by molar-refractivity contribution is 0.632. The van der Waals surface area contributed by atoms with Crippen molar-refractivity contribution in [1.82, 2.24) is 10.3 Å². The molecule has 4 heteroatoms. The highest BCUT2D eigenvalue weighted by atomic mass is 32.1. The van der Waals surface area contributed by atoms with Crippen LogP contribution < -0.4 is 5.32 Å². The maximum absolute atomic E-state index is 4.78. The normalized spacial score (nSPS) is 13.2. The number of aromatic nitrogens is 1. The summed E-state index contributed by atoms with van der Waals surface area (Å²) in [7, 11) is 0. The maximum atomic E-state index is 4.78. The number of nitrogens with zero attached hydrogens (tertiary/aromatic N) is 1. The third-order valence-corrected chi connectivity index (χ3v) is 4.83. The second kappa shape index (κ2) is 5.95. The van der Waals surface area contributed by atoms with E-state index in [1.165, 1.54) is 20.5 Å². The Kier molecular flexibility index (Phi) is 4.54. The van der Waals surface area contributed by atoms with Gasteiger partial charge in [0.15, 0.2) is 0 Å². The van der Waals surface area contributed by atoms with Crippen molar-refractivity contribution < 1.29 is 0 Å². The van der Waals surface area contributed by atoms with E-state index in [0.717, 1.165) is 6.54 Å². The lowest BCUT2D eigenvalue weighted by Crippen LogP contribution is -2.21. The van der Waals surface area contributed by atoms with Gasteiger partial charge in [-0.15, -0.1) is 22.7 Å². The molecule has 0 bridgehead atoms. The zero-order chi connectivity index (χ0) is 13.1. The van der Waals surface area contributed by atoms with Crippen molar-refractivity contribution in [1.29, 1.82) is 0 Å². The number of thiazole rings is 1. The molecular formula is C14H20N2S2. The number of nitrogens with one attached hydrogen (secondary N) is 1. The van der Waals surface area contributed by atoms with Crippen molar-refractivity contribution in [3.05, 3.63) is 38.0 Å². The van der Waals surface area contributed by atoms with Crippen LogP contribution in [0.3, 0.4) is 0 Å². The van der Waals surface area contributed by atoms with Gasteiger partial charge in [-0.3, -0.25) is 0 Å². The van der Waals surface area contributed by atoms with Gasteiger partial charge in [-0.05, 0) is 31.5 Å². The number of thiophene rings is 1. The lowest BCUT2D eigenvalue weighted by Gasteiger charge is -2.13. The number of aryl methyl sites for hydroxylation is 1. The largest absolute Gasteiger partial charge is 0.304 e. The Hall–Kier alpha value is -0.710. The van der Waals surface area contributed by atoms with Crippen LogP contribution in [0.1, 0.15) is 53.2 Å². The van der Waals surface area contributed by atoms with Crippen LogP contribution in [0.4, 0.5) is 0 Å². The van der Waals surface area contributed by atoms with E-state index in [2.05, 4.69) is 50.5 Å². The third kappa shape index (κ3) is 2.99. The molecule has 0 spiro atoms. The fourth-order valence-electron chi connectivity index (χ4n) is 1.82. The molecule has 2 aromatic heterocycles. The van der Waals surface area contributed by atoms with E-state index in [9.17, 15) is 0 Å². The standard InChI is InChI=1S/C14H20N2S2/c1-5-15-13(12-7-6-10(4)18-12)14-16-11(8-17-14)9(2)3/h6-9,13,15H,5H2,1-4H3. The molecule has 0 amide bonds. The van der Waals surface area contributed by atoms with E-state index in [-0.39, 0.29) is 6.04 Å². The van der Waals surface area contributed by atoms with Gasteiger partial charge in [-0.25, -0.2) is 4.98 Å². The van der Waals surface area contributed by atoms with Gasteiger partial charge >= 0.3 is 0 Å². The maximum Gasteiger partial charge on any atom is 0.115 e. The van der Waals surface area contributed by atoms with Crippen LogP contribution in [0.25, 0.3) is 0 Å². The van der Waals surface area contributed by atoms with Crippen molar-refractivity contribution in [2.75, 3.05) is 6.54 Å². The third-order valence-electron chi connectivity index (χ3n) is 2.83. The topological polar surface area (TPSA) is 24.9 Å². The van der Waals surface area contributed by atoms with Gasteiger partial charge in [0.2, 0.25) is 0 Å². The highest BCUT2D eigenvalue weighted by Gasteiger charge is 2.19. The summed E-state index contributed by atoms with van der Waals surface area (Å²) in [5.41, 5.74) is 1.20. The van der Waals surface area contributed by atoms with E-state index in [4.69, 9.17) is 4.98 Å². The van der Waals surface area contributed by atoms with Crippen LogP contribution in [-0.2, 0) is 0 Å². The summed E-state index contributed by atoms with van der Waals surface area (Å²) in [6.07, 6.45) is 0. The van der Waals surface area contributed by atoms with Crippen LogP contribution in [-0.4, -0.2) is 11.5 Å². The first kappa shape index (κ1) is 13.7. The molecule has 1 atom stereocenters. The minimum Gasteiger partial charge on any atom is -0.304 e. The predicted molar refractivity (Wildman–Crippen MR) is 80.8 cm³/mol. The van der Waals surface area contributed by atoms with Gasteiger partial charge in [0.25, 0.3) is 0 Å². The van der Waals surface area contributed by atoms with Gasteiger partial charge in [-0.2, -0.15) is 0 Å². The van der Waals surface area contributed by atoms with E-state index in [1.807, 2.05) is 11.3 Å². The van der Waals surface area contributed by atoms with Gasteiger partial charge in [0.1, 0.15) is 5.01 Å². The Morgan fingerprint density at radius 3 is 2.61 bits per heavy atom. The SMILES string of the molecule is CCNC(c1ccc(C)s1)c1nc(C(C)C)cs1. The zero-order valence-electron chi connectivity index (χ0n) is 11.4. The summed E-state index contributed by atoms with van der Waals surface area (Å²) >= 11 is 3.62. The van der Waals surface area contributed by atoms with Crippen molar-refractivity contribution in [2.24, 2.45) is 0 Å². The van der Waals surface area contributed by atoms with Crippen molar-refractivity contribution in [3.63, 3.8) is 0 Å². The van der Waals surface area contributed by atoms with Crippen LogP contribution in [0, 0.1) is 6.92 Å². The summed E-state index contributed by atoms with van der Waals surface area (Å²) < 4.78 is 0. The Morgan fingerprint density at radius 1 is 1.33 bits per heavy atom. The molecule has 0 aliphatic rings. The highest BCUT2D eigenvalue weighted by molar-refractivity contribution is 7.12. The zero-order valence-corrected chi connectivity index (χ0v) is 13.0. The van der Waals surface area contributed by atoms with Gasteiger partial charge in [0.05, 0.1) is 11.7 Å². The molecule has 18 heavy (non-hydrogen) atoms. The lowest BCUT2D eigenvalue weighted by atomic mass is 10.1. The first-order chi connectivity index (χ1) is 8.61. The molecule has 0 fully saturated rings. The van der Waals surface area contributed by atoms with Gasteiger partial charge in [-0.1, -0.05) is 20.8 Å². The molecule has 1 N–H and O–H groups in total. The molecule has 0 saturated carbocycles. The average molecular weight is 280 g/mol. The van der Waals surface area contributed by atoms with E-state index >= 15 is 0 Å². The molecular weight excluding hydrogens is 260 g/mol. The Labute approximate surface area is 117 Å². The number of rotatable bonds is 5. The van der Waals surface area contributed by atoms with Crippen LogP contribution in [0.5, 0.6) is 0 Å². The smallest absolute Gasteiger partial charge is 0.115 e. The van der Waals surface area contributed by atoms with E-state index < -0.39 is 0 Å². The summed E-state index contributed by atoms with van der Waals surface area (Å²) in [6, 6.07) is 4.65. The fraction of sp³-hybridized carbons (Fsp3) is 0.500. The summed E-state index contributed by atoms with van der Waals surface area (Å²) in [5.74, 6) is 0.502. The van der Waals surface area contributed by atoms with Crippen molar-refractivity contribution >= 4 is 22.7 Å². The molecule has 98 valence electrons. The molecule has 0 radical (unpaired) electrons. The van der Waals surface area contributed by atoms with Gasteiger partial charge in [0, 0.05) is 15.1 Å². The summed E-state index contributed by atoms with van der Waals surface area (Å²) in [5, 5.41) is 6.91. The predicted octanol–water partition coefficient (Wildman–Crippen LogP) is 4.34. The molecule has 1 unspecified atom stereocenters. The minimum absolute atomic E-state index is 0.256. The van der Waals surface area contributed by atoms with E-state index in [1.54, 1.807) is 11.3 Å². The van der Waals surface area contributed by atoms with Crippen LogP contribution in [0.2, 0.25) is 0 Å². The molecule has 2 rings (SSSR count). The number of hydrogen-bond donors (Lipinski definition) is 1. The van der Waals surface area contributed by atoms with Crippen molar-refractivity contribution in [3.8, 4) is 0 Å². The molecule has 0 aliphatic carbocycles. The number of hydrogen-bond acceptors (Lipinski definition) is 4. The molecule has 2 aromatic rings. The molecule has 2 nitrogen and oxygen atoms in total. The Morgan fingerprint density at radius 2 is 2.11 bits per heavy atom. The van der Waals surface area contributed by atoms with Gasteiger partial charge < -0.3 is 5.32 Å². The summed E-state index contributed by atoms with van der Waals surface area (Å²) in [4.78, 5) is 7.49. The monoisotopic (exact) mass is 280 g/mol. The highest BCUT2D eigenvalue weighted by Crippen LogP contribution is 2.31. The second-order valence-corrected chi connectivity index (χ2v) is 6.91. The molecule has 0 aromatic carbocycles. The minimum atomic E-state index is 0.256. The average Bonchev–Trinajstić information content (AvgIpc) is 2.94. The summed E-state index contributed by atoms with van der Waals surface area (Å²) in [6.45, 7) is 9.63. The van der Waals surface area contributed by atoms with E-state index in [0.29, 0.717) is 5.92 Å². The second-order valence-electron chi connectivity index (χ2n) is 4.70. The first-order valence-electron chi connectivity index (χ1n) is 6.36. The molecule has 0 saturated heterocycles. The first-order valence-corrected chi connectivity index (χ1v) is 8.06. The van der Waals surface area contributed by atoms with Crippen LogP contribution >= 0.6 is 22.7 Å². The molecule has 0 aliphatic heterocycles. The van der Waals surface area contributed by atoms with Crippen molar-refractivity contribution in [2.45, 2.75) is 39.7 Å². The Bertz CT molecular complexity index is 499. The molecule has 2 heterocycles. The fourth-order valence-corrected chi connectivity index (χ4v) is 3.92. The Balaban J connectivity index is 2.29. The quantitative estimate of drug-likeness (QED) is 0.881.